The summed E-state index contributed by atoms with van der Waals surface area (Å²) < 4.78 is 11.0. The van der Waals surface area contributed by atoms with Gasteiger partial charge in [0.25, 0.3) is 0 Å². The fraction of sp³-hybridized carbons (Fsp3) is 0.538. The van der Waals surface area contributed by atoms with Gasteiger partial charge in [0.1, 0.15) is 6.10 Å². The Bertz CT molecular complexity index is 318. The maximum absolute atomic E-state index is 5.86. The van der Waals surface area contributed by atoms with Crippen LogP contribution in [0.15, 0.2) is 24.3 Å². The minimum atomic E-state index is 0.218. The van der Waals surface area contributed by atoms with E-state index in [2.05, 4.69) is 38.1 Å². The largest absolute Gasteiger partial charge is 0.371 e. The fourth-order valence-electron chi connectivity index (χ4n) is 1.76. The van der Waals surface area contributed by atoms with Crippen LogP contribution in [0.25, 0.3) is 0 Å². The maximum Gasteiger partial charge on any atom is 0.104 e. The van der Waals surface area contributed by atoms with Crippen molar-refractivity contribution in [3.05, 3.63) is 35.4 Å². The number of aryl methyl sites for hydroxylation is 1. The zero-order valence-electron chi connectivity index (χ0n) is 9.40. The molecule has 0 radical (unpaired) electrons. The molecule has 1 aliphatic heterocycles. The summed E-state index contributed by atoms with van der Waals surface area (Å²) in [5, 5.41) is 0. The van der Waals surface area contributed by atoms with Gasteiger partial charge in [-0.3, -0.25) is 0 Å². The van der Waals surface area contributed by atoms with Crippen molar-refractivity contribution in [2.75, 3.05) is 13.2 Å². The van der Waals surface area contributed by atoms with Crippen molar-refractivity contribution in [2.24, 2.45) is 0 Å². The minimum absolute atomic E-state index is 0.218. The third-order valence-electron chi connectivity index (χ3n) is 2.79. The van der Waals surface area contributed by atoms with Gasteiger partial charge in [-0.2, -0.15) is 0 Å². The lowest BCUT2D eigenvalue weighted by molar-refractivity contribution is 0.0391. The molecule has 2 rings (SSSR count). The predicted molar refractivity (Wildman–Crippen MR) is 59.9 cm³/mol. The molecular formula is C13H18O2. The van der Waals surface area contributed by atoms with Crippen LogP contribution < -0.4 is 0 Å². The van der Waals surface area contributed by atoms with Gasteiger partial charge in [0.05, 0.1) is 19.3 Å². The highest BCUT2D eigenvalue weighted by atomic mass is 16.6. The van der Waals surface area contributed by atoms with Crippen LogP contribution in [-0.2, 0) is 9.47 Å². The summed E-state index contributed by atoms with van der Waals surface area (Å²) in [6.45, 7) is 5.89. The Hall–Kier alpha value is -0.860. The van der Waals surface area contributed by atoms with Gasteiger partial charge < -0.3 is 9.47 Å². The Balaban J connectivity index is 2.00. The van der Waals surface area contributed by atoms with E-state index in [-0.39, 0.29) is 6.10 Å². The highest BCUT2D eigenvalue weighted by molar-refractivity contribution is 5.27. The second-order valence-electron chi connectivity index (χ2n) is 4.04. The molecule has 2 heteroatoms. The number of hydrogen-bond donors (Lipinski definition) is 0. The molecule has 2 atom stereocenters. The van der Waals surface area contributed by atoms with E-state index in [9.17, 15) is 0 Å². The highest BCUT2D eigenvalue weighted by Gasteiger charge is 2.24. The molecule has 0 N–H and O–H groups in total. The predicted octanol–water partition coefficient (Wildman–Crippen LogP) is 2.86. The molecular weight excluding hydrogens is 188 g/mol. The summed E-state index contributed by atoms with van der Waals surface area (Å²) >= 11 is 0. The molecule has 1 aliphatic rings. The standard InChI is InChI=1S/C13H18O2/c1-3-13(15-9-11-8-14-11)12-7-5-4-6-10(12)2/h4-7,11,13H,3,8-9H2,1-2H3. The lowest BCUT2D eigenvalue weighted by atomic mass is 10.0. The quantitative estimate of drug-likeness (QED) is 0.691. The van der Waals surface area contributed by atoms with Crippen molar-refractivity contribution in [1.82, 2.24) is 0 Å². The summed E-state index contributed by atoms with van der Waals surface area (Å²) in [4.78, 5) is 0. The molecule has 1 aromatic carbocycles. The molecule has 1 fully saturated rings. The molecule has 1 heterocycles. The van der Waals surface area contributed by atoms with Crippen LogP contribution in [0.3, 0.4) is 0 Å². The normalized spacial score (nSPS) is 21.3. The van der Waals surface area contributed by atoms with E-state index in [1.165, 1.54) is 11.1 Å². The molecule has 2 unspecified atom stereocenters. The zero-order valence-corrected chi connectivity index (χ0v) is 9.40. The van der Waals surface area contributed by atoms with E-state index in [4.69, 9.17) is 9.47 Å². The number of rotatable bonds is 5. The average Bonchev–Trinajstić information content (AvgIpc) is 3.05. The first-order chi connectivity index (χ1) is 7.31. The molecule has 0 aliphatic carbocycles. The van der Waals surface area contributed by atoms with E-state index in [0.29, 0.717) is 6.10 Å². The van der Waals surface area contributed by atoms with E-state index < -0.39 is 0 Å². The Kier molecular flexibility index (Phi) is 3.39. The molecule has 0 saturated carbocycles. The van der Waals surface area contributed by atoms with E-state index in [1.807, 2.05) is 0 Å². The number of epoxide rings is 1. The first-order valence-electron chi connectivity index (χ1n) is 5.60. The zero-order chi connectivity index (χ0) is 10.7. The molecule has 0 aromatic heterocycles. The minimum Gasteiger partial charge on any atom is -0.371 e. The second kappa shape index (κ2) is 4.77. The lowest BCUT2D eigenvalue weighted by Gasteiger charge is -2.17. The first-order valence-corrected chi connectivity index (χ1v) is 5.60. The molecule has 0 amide bonds. The molecule has 1 saturated heterocycles. The topological polar surface area (TPSA) is 21.8 Å². The summed E-state index contributed by atoms with van der Waals surface area (Å²) in [6.07, 6.45) is 1.58. The molecule has 1 aromatic rings. The van der Waals surface area contributed by atoms with Crippen LogP contribution in [0, 0.1) is 6.92 Å². The van der Waals surface area contributed by atoms with Crippen LogP contribution >= 0.6 is 0 Å². The molecule has 15 heavy (non-hydrogen) atoms. The molecule has 2 nitrogen and oxygen atoms in total. The van der Waals surface area contributed by atoms with Gasteiger partial charge in [-0.25, -0.2) is 0 Å². The summed E-state index contributed by atoms with van der Waals surface area (Å²) in [6, 6.07) is 8.42. The van der Waals surface area contributed by atoms with Gasteiger partial charge in [-0.05, 0) is 24.5 Å². The van der Waals surface area contributed by atoms with Crippen molar-refractivity contribution >= 4 is 0 Å². The van der Waals surface area contributed by atoms with Crippen molar-refractivity contribution in [3.8, 4) is 0 Å². The Morgan fingerprint density at radius 2 is 2.20 bits per heavy atom. The molecule has 0 bridgehead atoms. The smallest absolute Gasteiger partial charge is 0.104 e. The van der Waals surface area contributed by atoms with Crippen LogP contribution in [0.4, 0.5) is 0 Å². The van der Waals surface area contributed by atoms with Crippen molar-refractivity contribution < 1.29 is 9.47 Å². The second-order valence-corrected chi connectivity index (χ2v) is 4.04. The highest BCUT2D eigenvalue weighted by Crippen LogP contribution is 2.25. The maximum atomic E-state index is 5.86. The van der Waals surface area contributed by atoms with E-state index >= 15 is 0 Å². The van der Waals surface area contributed by atoms with Gasteiger partial charge in [0, 0.05) is 0 Å². The van der Waals surface area contributed by atoms with Crippen molar-refractivity contribution in [3.63, 3.8) is 0 Å². The summed E-state index contributed by atoms with van der Waals surface area (Å²) in [5.74, 6) is 0. The van der Waals surface area contributed by atoms with Crippen molar-refractivity contribution in [1.29, 1.82) is 0 Å². The average molecular weight is 206 g/mol. The Morgan fingerprint density at radius 1 is 1.47 bits per heavy atom. The van der Waals surface area contributed by atoms with Gasteiger partial charge >= 0.3 is 0 Å². The third-order valence-corrected chi connectivity index (χ3v) is 2.79. The number of ether oxygens (including phenoxy) is 2. The van der Waals surface area contributed by atoms with E-state index in [0.717, 1.165) is 19.6 Å². The van der Waals surface area contributed by atoms with Gasteiger partial charge in [0.2, 0.25) is 0 Å². The van der Waals surface area contributed by atoms with Crippen LogP contribution in [0.2, 0.25) is 0 Å². The summed E-state index contributed by atoms with van der Waals surface area (Å²) in [5.41, 5.74) is 2.61. The molecule has 82 valence electrons. The number of hydrogen-bond acceptors (Lipinski definition) is 2. The van der Waals surface area contributed by atoms with Gasteiger partial charge in [-0.1, -0.05) is 31.2 Å². The third kappa shape index (κ3) is 2.80. The fourth-order valence-corrected chi connectivity index (χ4v) is 1.76. The monoisotopic (exact) mass is 206 g/mol. The van der Waals surface area contributed by atoms with Crippen LogP contribution in [-0.4, -0.2) is 19.3 Å². The first kappa shape index (κ1) is 10.7. The SMILES string of the molecule is CCC(OCC1CO1)c1ccccc1C. The van der Waals surface area contributed by atoms with Crippen molar-refractivity contribution in [2.45, 2.75) is 32.5 Å². The van der Waals surface area contributed by atoms with Crippen LogP contribution in [0.5, 0.6) is 0 Å². The van der Waals surface area contributed by atoms with Gasteiger partial charge in [0.15, 0.2) is 0 Å². The molecule has 0 spiro atoms. The number of benzene rings is 1. The Morgan fingerprint density at radius 3 is 2.80 bits per heavy atom. The van der Waals surface area contributed by atoms with E-state index in [1.54, 1.807) is 0 Å². The summed E-state index contributed by atoms with van der Waals surface area (Å²) in [7, 11) is 0. The lowest BCUT2D eigenvalue weighted by Crippen LogP contribution is -2.09. The van der Waals surface area contributed by atoms with Gasteiger partial charge in [-0.15, -0.1) is 0 Å². The van der Waals surface area contributed by atoms with Crippen LogP contribution in [0.1, 0.15) is 30.6 Å². The Labute approximate surface area is 91.2 Å².